The third-order valence-electron chi connectivity index (χ3n) is 1.85. The van der Waals surface area contributed by atoms with Crippen LogP contribution in [-0.2, 0) is 4.74 Å². The fraction of sp³-hybridized carbons (Fsp3) is 1.00. The normalized spacial score (nSPS) is 9.60. The minimum atomic E-state index is 0.195. The minimum Gasteiger partial charge on any atom is -0.396 e. The molecule has 15 heavy (non-hydrogen) atoms. The zero-order valence-electron chi connectivity index (χ0n) is 10.4. The largest absolute Gasteiger partial charge is 0.396 e. The van der Waals surface area contributed by atoms with Crippen molar-refractivity contribution >= 4 is 0 Å². The molecule has 0 aliphatic rings. The van der Waals surface area contributed by atoms with Gasteiger partial charge in [0.2, 0.25) is 0 Å². The Balaban J connectivity index is 0. The molecule has 0 aliphatic carbocycles. The molecular weight excluding hydrogens is 192 g/mol. The lowest BCUT2D eigenvalue weighted by Crippen LogP contribution is -1.95. The van der Waals surface area contributed by atoms with Crippen molar-refractivity contribution in [1.82, 2.24) is 0 Å². The first kappa shape index (κ1) is 17.3. The number of unbranched alkanes of at least 4 members (excludes halogenated alkanes) is 3. The van der Waals surface area contributed by atoms with Gasteiger partial charge >= 0.3 is 0 Å². The van der Waals surface area contributed by atoms with Gasteiger partial charge in [-0.2, -0.15) is 0 Å². The average Bonchev–Trinajstić information content (AvgIpc) is 2.27. The van der Waals surface area contributed by atoms with Crippen molar-refractivity contribution in [3.63, 3.8) is 0 Å². The number of aliphatic hydroxyl groups is 2. The first-order chi connectivity index (χ1) is 7.33. The molecule has 2 N–H and O–H groups in total. The highest BCUT2D eigenvalue weighted by atomic mass is 16.5. The Morgan fingerprint density at radius 1 is 0.733 bits per heavy atom. The second-order valence-corrected chi connectivity index (χ2v) is 3.47. The second-order valence-electron chi connectivity index (χ2n) is 3.47. The van der Waals surface area contributed by atoms with Gasteiger partial charge in [-0.1, -0.05) is 26.7 Å². The van der Waals surface area contributed by atoms with E-state index in [4.69, 9.17) is 14.9 Å². The van der Waals surface area contributed by atoms with Gasteiger partial charge < -0.3 is 14.9 Å². The predicted molar refractivity (Wildman–Crippen MR) is 64.0 cm³/mol. The number of hydrogen-bond acceptors (Lipinski definition) is 3. The summed E-state index contributed by atoms with van der Waals surface area (Å²) in [5.74, 6) is 0. The summed E-state index contributed by atoms with van der Waals surface area (Å²) in [5, 5.41) is 16.2. The van der Waals surface area contributed by atoms with E-state index in [1.165, 1.54) is 25.7 Å². The summed E-state index contributed by atoms with van der Waals surface area (Å²) in [7, 11) is 0. The molecule has 0 atom stereocenters. The summed E-state index contributed by atoms with van der Waals surface area (Å²) in [6.07, 6.45) is 6.35. The van der Waals surface area contributed by atoms with Gasteiger partial charge in [-0.3, -0.25) is 0 Å². The van der Waals surface area contributed by atoms with E-state index in [9.17, 15) is 0 Å². The van der Waals surface area contributed by atoms with Crippen molar-refractivity contribution in [3.05, 3.63) is 0 Å². The van der Waals surface area contributed by atoms with Gasteiger partial charge in [-0.15, -0.1) is 0 Å². The van der Waals surface area contributed by atoms with Gasteiger partial charge in [0, 0.05) is 26.4 Å². The molecule has 94 valence electrons. The molecule has 0 spiro atoms. The van der Waals surface area contributed by atoms with Crippen molar-refractivity contribution in [2.45, 2.75) is 52.4 Å². The molecular formula is C12H28O3. The van der Waals surface area contributed by atoms with Crippen molar-refractivity contribution in [2.24, 2.45) is 0 Å². The minimum absolute atomic E-state index is 0.195. The summed E-state index contributed by atoms with van der Waals surface area (Å²) in [6.45, 7) is 6.67. The van der Waals surface area contributed by atoms with E-state index in [0.717, 1.165) is 26.1 Å². The number of ether oxygens (including phenoxy) is 1. The van der Waals surface area contributed by atoms with Crippen LogP contribution in [0.3, 0.4) is 0 Å². The SMILES string of the molecule is CCCCOCCCC.OCCCCO. The zero-order valence-corrected chi connectivity index (χ0v) is 10.4. The van der Waals surface area contributed by atoms with Gasteiger partial charge in [0.15, 0.2) is 0 Å². The van der Waals surface area contributed by atoms with Gasteiger partial charge in [0.05, 0.1) is 0 Å². The van der Waals surface area contributed by atoms with E-state index in [-0.39, 0.29) is 13.2 Å². The molecule has 3 heteroatoms. The maximum absolute atomic E-state index is 8.09. The monoisotopic (exact) mass is 220 g/mol. The second kappa shape index (κ2) is 19.5. The highest BCUT2D eigenvalue weighted by molar-refractivity contribution is 4.34. The molecule has 0 saturated carbocycles. The first-order valence-corrected chi connectivity index (χ1v) is 6.12. The molecule has 0 rings (SSSR count). The number of aliphatic hydroxyl groups excluding tert-OH is 2. The molecule has 0 aromatic carbocycles. The standard InChI is InChI=1S/C8H18O.C4H10O2/c1-3-5-7-9-8-6-4-2;5-3-1-2-4-6/h3-8H2,1-2H3;5-6H,1-4H2. The van der Waals surface area contributed by atoms with Crippen LogP contribution in [0, 0.1) is 0 Å². The quantitative estimate of drug-likeness (QED) is 0.586. The topological polar surface area (TPSA) is 49.7 Å². The van der Waals surface area contributed by atoms with E-state index in [0.29, 0.717) is 0 Å². The lowest BCUT2D eigenvalue weighted by molar-refractivity contribution is 0.128. The molecule has 0 saturated heterocycles. The lowest BCUT2D eigenvalue weighted by atomic mass is 10.3. The van der Waals surface area contributed by atoms with Gasteiger partial charge in [-0.05, 0) is 25.7 Å². The highest BCUT2D eigenvalue weighted by Crippen LogP contribution is 1.91. The van der Waals surface area contributed by atoms with Crippen LogP contribution in [0.1, 0.15) is 52.4 Å². The Hall–Kier alpha value is -0.120. The molecule has 0 radical (unpaired) electrons. The molecule has 0 unspecified atom stereocenters. The Kier molecular flexibility index (Phi) is 22.4. The summed E-state index contributed by atoms with van der Waals surface area (Å²) in [6, 6.07) is 0. The Labute approximate surface area is 94.5 Å². The van der Waals surface area contributed by atoms with Crippen molar-refractivity contribution in [3.8, 4) is 0 Å². The van der Waals surface area contributed by atoms with E-state index >= 15 is 0 Å². The fourth-order valence-corrected chi connectivity index (χ4v) is 0.818. The third-order valence-corrected chi connectivity index (χ3v) is 1.85. The van der Waals surface area contributed by atoms with Crippen LogP contribution in [0.25, 0.3) is 0 Å². The maximum atomic E-state index is 8.09. The van der Waals surface area contributed by atoms with E-state index in [1.807, 2.05) is 0 Å². The Bertz CT molecular complexity index is 76.9. The van der Waals surface area contributed by atoms with Gasteiger partial charge in [0.25, 0.3) is 0 Å². The van der Waals surface area contributed by atoms with Crippen LogP contribution in [0.15, 0.2) is 0 Å². The first-order valence-electron chi connectivity index (χ1n) is 6.12. The molecule has 0 heterocycles. The maximum Gasteiger partial charge on any atom is 0.0465 e. The molecule has 0 fully saturated rings. The summed E-state index contributed by atoms with van der Waals surface area (Å²) >= 11 is 0. The highest BCUT2D eigenvalue weighted by Gasteiger charge is 1.84. The lowest BCUT2D eigenvalue weighted by Gasteiger charge is -1.99. The smallest absolute Gasteiger partial charge is 0.0465 e. The van der Waals surface area contributed by atoms with Crippen molar-refractivity contribution in [1.29, 1.82) is 0 Å². The predicted octanol–water partition coefficient (Wildman–Crippen LogP) is 2.35. The zero-order chi connectivity index (χ0) is 11.8. The molecule has 0 aliphatic heterocycles. The summed E-state index contributed by atoms with van der Waals surface area (Å²) in [5.41, 5.74) is 0. The van der Waals surface area contributed by atoms with Gasteiger partial charge in [0.1, 0.15) is 0 Å². The molecule has 3 nitrogen and oxygen atoms in total. The molecule has 0 aromatic rings. The van der Waals surface area contributed by atoms with E-state index < -0.39 is 0 Å². The van der Waals surface area contributed by atoms with Crippen LogP contribution in [-0.4, -0.2) is 36.6 Å². The summed E-state index contributed by atoms with van der Waals surface area (Å²) < 4.78 is 5.31. The average molecular weight is 220 g/mol. The van der Waals surface area contributed by atoms with Crippen LogP contribution >= 0.6 is 0 Å². The van der Waals surface area contributed by atoms with Crippen LogP contribution in [0.5, 0.6) is 0 Å². The van der Waals surface area contributed by atoms with E-state index in [2.05, 4.69) is 13.8 Å². The Morgan fingerprint density at radius 3 is 1.40 bits per heavy atom. The summed E-state index contributed by atoms with van der Waals surface area (Å²) in [4.78, 5) is 0. The van der Waals surface area contributed by atoms with Crippen LogP contribution in [0.2, 0.25) is 0 Å². The number of hydrogen-bond donors (Lipinski definition) is 2. The fourth-order valence-electron chi connectivity index (χ4n) is 0.818. The third kappa shape index (κ3) is 24.8. The van der Waals surface area contributed by atoms with E-state index in [1.54, 1.807) is 0 Å². The Morgan fingerprint density at radius 2 is 1.13 bits per heavy atom. The molecule has 0 bridgehead atoms. The van der Waals surface area contributed by atoms with Crippen molar-refractivity contribution < 1.29 is 14.9 Å². The van der Waals surface area contributed by atoms with Crippen LogP contribution < -0.4 is 0 Å². The van der Waals surface area contributed by atoms with Crippen molar-refractivity contribution in [2.75, 3.05) is 26.4 Å². The van der Waals surface area contributed by atoms with Gasteiger partial charge in [-0.25, -0.2) is 0 Å². The van der Waals surface area contributed by atoms with Crippen LogP contribution in [0.4, 0.5) is 0 Å². The molecule has 0 amide bonds. The number of rotatable bonds is 9. The molecule has 0 aromatic heterocycles.